The summed E-state index contributed by atoms with van der Waals surface area (Å²) in [5.41, 5.74) is 0. The Labute approximate surface area is 107 Å². The molecule has 1 atom stereocenters. The van der Waals surface area contributed by atoms with Gasteiger partial charge in [0.15, 0.2) is 0 Å². The Bertz CT molecular complexity index is 303. The van der Waals surface area contributed by atoms with Gasteiger partial charge in [0.2, 0.25) is 0 Å². The van der Waals surface area contributed by atoms with Gasteiger partial charge in [-0.2, -0.15) is 5.06 Å². The van der Waals surface area contributed by atoms with E-state index in [9.17, 15) is 9.36 Å². The molecule has 0 heterocycles. The van der Waals surface area contributed by atoms with Crippen molar-refractivity contribution in [1.82, 2.24) is 5.06 Å². The Hall–Kier alpha value is -0.460. The van der Waals surface area contributed by atoms with Gasteiger partial charge in [-0.15, -0.1) is 0 Å². The third-order valence-corrected chi connectivity index (χ3v) is 2.78. The summed E-state index contributed by atoms with van der Waals surface area (Å²) in [5, 5.41) is 1.40. The zero-order valence-corrected chi connectivity index (χ0v) is 12.1. The molecule has 0 aromatic carbocycles. The van der Waals surface area contributed by atoms with Crippen LogP contribution in [0.3, 0.4) is 0 Å². The largest absolute Gasteiger partial charge is 0.527 e. The fraction of sp³-hybridized carbons (Fsp3) is 0.900. The molecule has 7 nitrogen and oxygen atoms in total. The molecule has 0 bridgehead atoms. The van der Waals surface area contributed by atoms with Crippen LogP contribution >= 0.6 is 7.82 Å². The van der Waals surface area contributed by atoms with Crippen LogP contribution in [0.5, 0.6) is 0 Å². The first kappa shape index (κ1) is 17.5. The molecule has 0 fully saturated rings. The Morgan fingerprint density at radius 3 is 2.28 bits per heavy atom. The Kier molecular flexibility index (Phi) is 7.66. The summed E-state index contributed by atoms with van der Waals surface area (Å²) in [5.74, 6) is -1.17. The summed E-state index contributed by atoms with van der Waals surface area (Å²) in [4.78, 5) is 34.1. The number of carbonyl (C=O) groups excluding carboxylic acids is 1. The van der Waals surface area contributed by atoms with Gasteiger partial charge in [0.1, 0.15) is 6.04 Å². The molecular formula is C10H22NO6P. The van der Waals surface area contributed by atoms with Crippen LogP contribution in [-0.2, 0) is 18.7 Å². The molecule has 0 aliphatic heterocycles. The molecule has 0 spiro atoms. The van der Waals surface area contributed by atoms with Crippen LogP contribution < -0.4 is 0 Å². The molecule has 0 saturated heterocycles. The number of rotatable bonds is 8. The summed E-state index contributed by atoms with van der Waals surface area (Å²) in [6.07, 6.45) is 1.72. The summed E-state index contributed by atoms with van der Waals surface area (Å²) in [7, 11) is -3.41. The molecule has 108 valence electrons. The smallest absolute Gasteiger partial charge is 0.369 e. The average Bonchev–Trinajstić information content (AvgIpc) is 2.20. The van der Waals surface area contributed by atoms with Crippen molar-refractivity contribution in [2.24, 2.45) is 5.92 Å². The van der Waals surface area contributed by atoms with Gasteiger partial charge in [0.05, 0.1) is 7.11 Å². The fourth-order valence-electron chi connectivity index (χ4n) is 1.55. The van der Waals surface area contributed by atoms with Crippen molar-refractivity contribution in [2.75, 3.05) is 13.7 Å². The maximum absolute atomic E-state index is 11.7. The van der Waals surface area contributed by atoms with Crippen LogP contribution in [0, 0.1) is 5.92 Å². The molecule has 0 aromatic rings. The Balaban J connectivity index is 4.81. The zero-order chi connectivity index (χ0) is 14.3. The average molecular weight is 283 g/mol. The van der Waals surface area contributed by atoms with E-state index in [1.807, 2.05) is 6.92 Å². The minimum absolute atomic E-state index is 0.194. The van der Waals surface area contributed by atoms with Gasteiger partial charge >= 0.3 is 13.8 Å². The SMILES string of the molecule is CCCCN(OC)[C@H](C(=O)OP(=O)(O)O)C(C)C. The molecule has 0 aromatic heterocycles. The number of hydrogen-bond donors (Lipinski definition) is 2. The van der Waals surface area contributed by atoms with Crippen LogP contribution in [0.4, 0.5) is 0 Å². The van der Waals surface area contributed by atoms with E-state index in [1.54, 1.807) is 13.8 Å². The summed E-state index contributed by atoms with van der Waals surface area (Å²) in [6, 6.07) is -0.839. The third-order valence-electron chi connectivity index (χ3n) is 2.36. The number of hydroxylamine groups is 2. The highest BCUT2D eigenvalue weighted by Gasteiger charge is 2.34. The van der Waals surface area contributed by atoms with Gasteiger partial charge < -0.3 is 9.36 Å². The molecule has 0 amide bonds. The van der Waals surface area contributed by atoms with Crippen molar-refractivity contribution in [2.45, 2.75) is 39.7 Å². The number of carbonyl (C=O) groups is 1. The lowest BCUT2D eigenvalue weighted by molar-refractivity contribution is -0.190. The monoisotopic (exact) mass is 283 g/mol. The second-order valence-electron chi connectivity index (χ2n) is 4.27. The van der Waals surface area contributed by atoms with Crippen molar-refractivity contribution < 1.29 is 28.5 Å². The molecule has 0 rings (SSSR count). The van der Waals surface area contributed by atoms with Crippen LogP contribution in [-0.4, -0.2) is 40.5 Å². The van der Waals surface area contributed by atoms with E-state index in [0.717, 1.165) is 12.8 Å². The second kappa shape index (κ2) is 7.86. The molecule has 18 heavy (non-hydrogen) atoms. The predicted molar refractivity (Wildman–Crippen MR) is 65.4 cm³/mol. The normalized spacial score (nSPS) is 14.0. The standard InChI is InChI=1S/C10H22NO6P/c1-5-6-7-11(16-4)9(8(2)3)10(12)17-18(13,14)15/h8-9H,5-7H2,1-4H3,(H2,13,14,15)/t9-/m0/s1. The highest BCUT2D eigenvalue weighted by molar-refractivity contribution is 7.46. The van der Waals surface area contributed by atoms with Gasteiger partial charge in [0, 0.05) is 6.54 Å². The van der Waals surface area contributed by atoms with Crippen LogP contribution in [0.25, 0.3) is 0 Å². The van der Waals surface area contributed by atoms with E-state index in [2.05, 4.69) is 4.52 Å². The lowest BCUT2D eigenvalue weighted by Gasteiger charge is -2.30. The van der Waals surface area contributed by atoms with Gasteiger partial charge in [-0.25, -0.2) is 9.36 Å². The highest BCUT2D eigenvalue weighted by atomic mass is 31.2. The number of unbranched alkanes of at least 4 members (excludes halogenated alkanes) is 1. The molecule has 2 N–H and O–H groups in total. The minimum atomic E-state index is -4.82. The third kappa shape index (κ3) is 6.47. The van der Waals surface area contributed by atoms with Crippen molar-refractivity contribution in [3.05, 3.63) is 0 Å². The summed E-state index contributed by atoms with van der Waals surface area (Å²) < 4.78 is 14.8. The molecule has 0 aliphatic carbocycles. The summed E-state index contributed by atoms with van der Waals surface area (Å²) >= 11 is 0. The van der Waals surface area contributed by atoms with Crippen LogP contribution in [0.1, 0.15) is 33.6 Å². The molecular weight excluding hydrogens is 261 g/mol. The van der Waals surface area contributed by atoms with Gasteiger partial charge in [-0.1, -0.05) is 27.2 Å². The van der Waals surface area contributed by atoms with E-state index in [4.69, 9.17) is 14.6 Å². The maximum atomic E-state index is 11.7. The first-order valence-electron chi connectivity index (χ1n) is 5.82. The number of hydrogen-bond acceptors (Lipinski definition) is 5. The summed E-state index contributed by atoms with van der Waals surface area (Å²) in [6.45, 7) is 5.99. The van der Waals surface area contributed by atoms with Gasteiger partial charge in [0.25, 0.3) is 0 Å². The first-order chi connectivity index (χ1) is 8.22. The Morgan fingerprint density at radius 1 is 1.39 bits per heavy atom. The highest BCUT2D eigenvalue weighted by Crippen LogP contribution is 2.37. The van der Waals surface area contributed by atoms with Crippen molar-refractivity contribution in [1.29, 1.82) is 0 Å². The number of nitrogens with zero attached hydrogens (tertiary/aromatic N) is 1. The van der Waals surface area contributed by atoms with Gasteiger partial charge in [-0.3, -0.25) is 9.79 Å². The fourth-order valence-corrected chi connectivity index (χ4v) is 1.89. The molecule has 0 radical (unpaired) electrons. The van der Waals surface area contributed by atoms with E-state index in [1.165, 1.54) is 12.2 Å². The van der Waals surface area contributed by atoms with E-state index >= 15 is 0 Å². The minimum Gasteiger partial charge on any atom is -0.369 e. The topological polar surface area (TPSA) is 96.3 Å². The van der Waals surface area contributed by atoms with Crippen molar-refractivity contribution in [3.8, 4) is 0 Å². The van der Waals surface area contributed by atoms with E-state index in [-0.39, 0.29) is 5.92 Å². The number of phosphoric acid groups is 1. The predicted octanol–water partition coefficient (Wildman–Crippen LogP) is 1.31. The van der Waals surface area contributed by atoms with E-state index < -0.39 is 19.8 Å². The first-order valence-corrected chi connectivity index (χ1v) is 7.35. The van der Waals surface area contributed by atoms with Gasteiger partial charge in [-0.05, 0) is 12.3 Å². The quantitative estimate of drug-likeness (QED) is 0.512. The van der Waals surface area contributed by atoms with Crippen LogP contribution in [0.15, 0.2) is 0 Å². The number of phosphoric ester groups is 1. The van der Waals surface area contributed by atoms with E-state index in [0.29, 0.717) is 6.54 Å². The van der Waals surface area contributed by atoms with Crippen molar-refractivity contribution >= 4 is 13.8 Å². The van der Waals surface area contributed by atoms with Crippen molar-refractivity contribution in [3.63, 3.8) is 0 Å². The lowest BCUT2D eigenvalue weighted by atomic mass is 10.0. The lowest BCUT2D eigenvalue weighted by Crippen LogP contribution is -2.45. The molecule has 8 heteroatoms. The second-order valence-corrected chi connectivity index (χ2v) is 5.43. The Morgan fingerprint density at radius 2 is 1.94 bits per heavy atom. The molecule has 0 unspecified atom stereocenters. The van der Waals surface area contributed by atoms with Crippen LogP contribution in [0.2, 0.25) is 0 Å². The maximum Gasteiger partial charge on any atom is 0.527 e. The zero-order valence-electron chi connectivity index (χ0n) is 11.2. The molecule has 0 saturated carbocycles. The molecule has 0 aliphatic rings.